The Bertz CT molecular complexity index is 488. The Balaban J connectivity index is 2.00. The van der Waals surface area contributed by atoms with Gasteiger partial charge in [0.25, 0.3) is 0 Å². The van der Waals surface area contributed by atoms with Crippen molar-refractivity contribution in [3.63, 3.8) is 0 Å². The zero-order valence-corrected chi connectivity index (χ0v) is 10.2. The molecular weight excluding hydrogens is 244 g/mol. The number of nitrogens with one attached hydrogen (secondary N) is 1. The number of rotatable bonds is 6. The van der Waals surface area contributed by atoms with E-state index in [0.717, 1.165) is 13.0 Å². The molecule has 2 aromatic rings. The SMILES string of the molecule is CCCOCCOc1nc(Cl)nc2nc[nH]c12. The van der Waals surface area contributed by atoms with Gasteiger partial charge in [0.1, 0.15) is 12.1 Å². The van der Waals surface area contributed by atoms with Crippen LogP contribution in [0.25, 0.3) is 11.2 Å². The van der Waals surface area contributed by atoms with E-state index in [-0.39, 0.29) is 5.28 Å². The van der Waals surface area contributed by atoms with Gasteiger partial charge in [-0.25, -0.2) is 4.98 Å². The smallest absolute Gasteiger partial charge is 0.244 e. The van der Waals surface area contributed by atoms with E-state index in [4.69, 9.17) is 21.1 Å². The molecule has 0 amide bonds. The molecule has 2 rings (SSSR count). The number of hydrogen-bond donors (Lipinski definition) is 1. The molecule has 0 aromatic carbocycles. The second-order valence-electron chi connectivity index (χ2n) is 3.36. The lowest BCUT2D eigenvalue weighted by atomic mass is 10.5. The second kappa shape index (κ2) is 5.79. The first-order chi connectivity index (χ1) is 8.31. The van der Waals surface area contributed by atoms with Crippen LogP contribution in [0, 0.1) is 0 Å². The number of aromatic nitrogens is 4. The molecule has 0 bridgehead atoms. The van der Waals surface area contributed by atoms with E-state index in [0.29, 0.717) is 30.3 Å². The summed E-state index contributed by atoms with van der Waals surface area (Å²) in [4.78, 5) is 14.9. The van der Waals surface area contributed by atoms with Crippen LogP contribution >= 0.6 is 11.6 Å². The first-order valence-corrected chi connectivity index (χ1v) is 5.76. The van der Waals surface area contributed by atoms with Crippen molar-refractivity contribution in [2.24, 2.45) is 0 Å². The van der Waals surface area contributed by atoms with Gasteiger partial charge in [0.2, 0.25) is 11.2 Å². The number of nitrogens with zero attached hydrogens (tertiary/aromatic N) is 3. The normalized spacial score (nSPS) is 10.9. The Morgan fingerprint density at radius 3 is 3.00 bits per heavy atom. The highest BCUT2D eigenvalue weighted by Gasteiger charge is 2.09. The van der Waals surface area contributed by atoms with Crippen LogP contribution in [-0.2, 0) is 4.74 Å². The van der Waals surface area contributed by atoms with Gasteiger partial charge in [0, 0.05) is 6.61 Å². The van der Waals surface area contributed by atoms with Crippen LogP contribution in [0.1, 0.15) is 13.3 Å². The first kappa shape index (κ1) is 12.1. The first-order valence-electron chi connectivity index (χ1n) is 5.38. The molecule has 0 atom stereocenters. The summed E-state index contributed by atoms with van der Waals surface area (Å²) in [7, 11) is 0. The molecule has 7 heteroatoms. The average Bonchev–Trinajstić information content (AvgIpc) is 2.76. The average molecular weight is 257 g/mol. The molecule has 0 spiro atoms. The summed E-state index contributed by atoms with van der Waals surface area (Å²) in [6.07, 6.45) is 2.51. The fourth-order valence-corrected chi connectivity index (χ4v) is 1.49. The summed E-state index contributed by atoms with van der Waals surface area (Å²) in [5.74, 6) is 0.401. The second-order valence-corrected chi connectivity index (χ2v) is 3.70. The topological polar surface area (TPSA) is 72.9 Å². The number of halogens is 1. The van der Waals surface area contributed by atoms with Crippen molar-refractivity contribution in [1.29, 1.82) is 0 Å². The molecule has 0 saturated carbocycles. The number of imidazole rings is 1. The van der Waals surface area contributed by atoms with Crippen molar-refractivity contribution in [1.82, 2.24) is 19.9 Å². The van der Waals surface area contributed by atoms with E-state index in [2.05, 4.69) is 26.9 Å². The summed E-state index contributed by atoms with van der Waals surface area (Å²) in [5, 5.41) is 0.120. The summed E-state index contributed by atoms with van der Waals surface area (Å²) in [5.41, 5.74) is 1.14. The molecule has 2 aromatic heterocycles. The van der Waals surface area contributed by atoms with Gasteiger partial charge in [-0.1, -0.05) is 6.92 Å². The number of hydrogen-bond acceptors (Lipinski definition) is 5. The number of H-pyrrole nitrogens is 1. The molecule has 2 heterocycles. The van der Waals surface area contributed by atoms with E-state index >= 15 is 0 Å². The van der Waals surface area contributed by atoms with Crippen molar-refractivity contribution < 1.29 is 9.47 Å². The third kappa shape index (κ3) is 3.04. The molecule has 6 nitrogen and oxygen atoms in total. The van der Waals surface area contributed by atoms with Crippen molar-refractivity contribution in [3.8, 4) is 5.88 Å². The zero-order valence-electron chi connectivity index (χ0n) is 9.44. The monoisotopic (exact) mass is 256 g/mol. The van der Waals surface area contributed by atoms with Crippen molar-refractivity contribution in [3.05, 3.63) is 11.6 Å². The molecular formula is C10H13ClN4O2. The molecule has 0 saturated heterocycles. The third-order valence-corrected chi connectivity index (χ3v) is 2.21. The maximum atomic E-state index is 5.76. The summed E-state index contributed by atoms with van der Waals surface area (Å²) in [6, 6.07) is 0. The van der Waals surface area contributed by atoms with Gasteiger partial charge in [-0.05, 0) is 18.0 Å². The lowest BCUT2D eigenvalue weighted by molar-refractivity contribution is 0.0995. The van der Waals surface area contributed by atoms with Crippen LogP contribution < -0.4 is 4.74 Å². The molecule has 0 aliphatic heterocycles. The van der Waals surface area contributed by atoms with E-state index in [1.54, 1.807) is 0 Å². The standard InChI is InChI=1S/C10H13ClN4O2/c1-2-3-16-4-5-17-9-7-8(13-6-12-7)14-10(11)15-9/h6H,2-5H2,1H3,(H,12,13,14,15). The highest BCUT2D eigenvalue weighted by molar-refractivity contribution is 6.28. The fourth-order valence-electron chi connectivity index (χ4n) is 1.33. The van der Waals surface area contributed by atoms with Gasteiger partial charge in [-0.2, -0.15) is 9.97 Å². The van der Waals surface area contributed by atoms with E-state index in [1.807, 2.05) is 0 Å². The van der Waals surface area contributed by atoms with Gasteiger partial charge < -0.3 is 14.5 Å². The van der Waals surface area contributed by atoms with Gasteiger partial charge in [-0.3, -0.25) is 0 Å². The molecule has 1 N–H and O–H groups in total. The predicted octanol–water partition coefficient (Wildman–Crippen LogP) is 1.81. The van der Waals surface area contributed by atoms with Gasteiger partial charge in [-0.15, -0.1) is 0 Å². The molecule has 0 radical (unpaired) electrons. The number of fused-ring (bicyclic) bond motifs is 1. The minimum atomic E-state index is 0.120. The quantitative estimate of drug-likeness (QED) is 0.630. The van der Waals surface area contributed by atoms with E-state index < -0.39 is 0 Å². The molecule has 0 fully saturated rings. The molecule has 0 unspecified atom stereocenters. The Morgan fingerprint density at radius 2 is 2.18 bits per heavy atom. The van der Waals surface area contributed by atoms with Crippen LogP contribution in [-0.4, -0.2) is 39.8 Å². The highest BCUT2D eigenvalue weighted by Crippen LogP contribution is 2.20. The summed E-state index contributed by atoms with van der Waals surface area (Å²) in [6.45, 7) is 3.72. The summed E-state index contributed by atoms with van der Waals surface area (Å²) >= 11 is 5.76. The minimum absolute atomic E-state index is 0.120. The predicted molar refractivity (Wildman–Crippen MR) is 63.3 cm³/mol. The van der Waals surface area contributed by atoms with Crippen LogP contribution in [0.4, 0.5) is 0 Å². The van der Waals surface area contributed by atoms with Crippen LogP contribution in [0.5, 0.6) is 5.88 Å². The molecule has 0 aliphatic rings. The largest absolute Gasteiger partial charge is 0.474 e. The highest BCUT2D eigenvalue weighted by atomic mass is 35.5. The minimum Gasteiger partial charge on any atom is -0.474 e. The Morgan fingerprint density at radius 1 is 1.29 bits per heavy atom. The zero-order chi connectivity index (χ0) is 12.1. The maximum Gasteiger partial charge on any atom is 0.244 e. The lowest BCUT2D eigenvalue weighted by Gasteiger charge is -2.06. The van der Waals surface area contributed by atoms with Crippen molar-refractivity contribution >= 4 is 22.8 Å². The van der Waals surface area contributed by atoms with Crippen molar-refractivity contribution in [2.45, 2.75) is 13.3 Å². The number of ether oxygens (including phenoxy) is 2. The fraction of sp³-hybridized carbons (Fsp3) is 0.500. The third-order valence-electron chi connectivity index (χ3n) is 2.04. The van der Waals surface area contributed by atoms with Gasteiger partial charge >= 0.3 is 0 Å². The molecule has 0 aliphatic carbocycles. The van der Waals surface area contributed by atoms with Crippen LogP contribution in [0.15, 0.2) is 6.33 Å². The number of aromatic amines is 1. The Labute approximate surface area is 103 Å². The van der Waals surface area contributed by atoms with Crippen molar-refractivity contribution in [2.75, 3.05) is 19.8 Å². The van der Waals surface area contributed by atoms with Gasteiger partial charge in [0.05, 0.1) is 12.9 Å². The van der Waals surface area contributed by atoms with E-state index in [9.17, 15) is 0 Å². The van der Waals surface area contributed by atoms with Crippen LogP contribution in [0.3, 0.4) is 0 Å². The Kier molecular flexibility index (Phi) is 4.11. The Hall–Kier alpha value is -1.40. The maximum absolute atomic E-state index is 5.76. The molecule has 92 valence electrons. The lowest BCUT2D eigenvalue weighted by Crippen LogP contribution is -2.08. The molecule has 17 heavy (non-hydrogen) atoms. The van der Waals surface area contributed by atoms with Crippen LogP contribution in [0.2, 0.25) is 5.28 Å². The van der Waals surface area contributed by atoms with E-state index in [1.165, 1.54) is 6.33 Å². The van der Waals surface area contributed by atoms with Gasteiger partial charge in [0.15, 0.2) is 5.65 Å². The summed E-state index contributed by atoms with van der Waals surface area (Å²) < 4.78 is 10.8.